The minimum atomic E-state index is 0.220. The second kappa shape index (κ2) is 12.8. The Bertz CT molecular complexity index is 2820. The van der Waals surface area contributed by atoms with Crippen molar-refractivity contribution in [3.8, 4) is 11.6 Å². The molecule has 1 unspecified atom stereocenters. The molecule has 0 spiro atoms. The fourth-order valence-corrected chi connectivity index (χ4v) is 7.95. The van der Waals surface area contributed by atoms with Gasteiger partial charge in [-0.3, -0.25) is 4.57 Å². The Morgan fingerprint density at radius 3 is 2.43 bits per heavy atom. The predicted molar refractivity (Wildman–Crippen MR) is 216 cm³/mol. The summed E-state index contributed by atoms with van der Waals surface area (Å²) in [6, 6.07) is 40.7. The van der Waals surface area contributed by atoms with E-state index < -0.39 is 0 Å². The maximum absolute atomic E-state index is 6.39. The molecule has 2 aliphatic rings. The van der Waals surface area contributed by atoms with Crippen LogP contribution in [0.5, 0.6) is 5.75 Å². The van der Waals surface area contributed by atoms with Gasteiger partial charge < -0.3 is 14.1 Å². The SMILES string of the molecule is CC1/C=C\C=C/COc2ccc(N(C3=CC=C(c4ccc5c(c4)c4ccccc4n5-c4ncnc5c4oc4ccccc45)CC3)c3ccccc3)cc21. The van der Waals surface area contributed by atoms with E-state index in [1.165, 1.54) is 33.2 Å². The quantitative estimate of drug-likeness (QED) is 0.180. The maximum Gasteiger partial charge on any atom is 0.197 e. The molecule has 5 aromatic carbocycles. The number of ether oxygens (including phenoxy) is 1. The van der Waals surface area contributed by atoms with Crippen LogP contribution in [0.1, 0.15) is 36.8 Å². The van der Waals surface area contributed by atoms with E-state index in [0.717, 1.165) is 63.3 Å². The van der Waals surface area contributed by atoms with Gasteiger partial charge in [0, 0.05) is 44.7 Å². The van der Waals surface area contributed by atoms with Crippen molar-refractivity contribution in [2.24, 2.45) is 0 Å². The summed E-state index contributed by atoms with van der Waals surface area (Å²) in [5, 5.41) is 3.34. The van der Waals surface area contributed by atoms with Crippen LogP contribution in [-0.2, 0) is 0 Å². The lowest BCUT2D eigenvalue weighted by atomic mass is 9.93. The predicted octanol–water partition coefficient (Wildman–Crippen LogP) is 12.0. The summed E-state index contributed by atoms with van der Waals surface area (Å²) in [4.78, 5) is 11.8. The van der Waals surface area contributed by atoms with Gasteiger partial charge >= 0.3 is 0 Å². The van der Waals surface area contributed by atoms with Crippen LogP contribution in [0.25, 0.3) is 55.3 Å². The van der Waals surface area contributed by atoms with Crippen molar-refractivity contribution in [1.29, 1.82) is 0 Å². The molecule has 10 rings (SSSR count). The summed E-state index contributed by atoms with van der Waals surface area (Å²) in [6.07, 6.45) is 16.5. The van der Waals surface area contributed by atoms with Gasteiger partial charge in [-0.25, -0.2) is 9.97 Å². The van der Waals surface area contributed by atoms with Gasteiger partial charge in [-0.05, 0) is 96.8 Å². The van der Waals surface area contributed by atoms with Crippen LogP contribution in [0, 0.1) is 0 Å². The second-order valence-corrected chi connectivity index (χ2v) is 13.7. The molecule has 0 N–H and O–H groups in total. The smallest absolute Gasteiger partial charge is 0.197 e. The number of rotatable bonds is 5. The summed E-state index contributed by atoms with van der Waals surface area (Å²) in [6.45, 7) is 2.78. The molecule has 0 saturated heterocycles. The van der Waals surface area contributed by atoms with Crippen molar-refractivity contribution in [3.63, 3.8) is 0 Å². The number of fused-ring (bicyclic) bond motifs is 7. The first-order chi connectivity index (χ1) is 26.2. The van der Waals surface area contributed by atoms with Gasteiger partial charge in [0.15, 0.2) is 11.4 Å². The Morgan fingerprint density at radius 2 is 1.55 bits per heavy atom. The van der Waals surface area contributed by atoms with E-state index in [-0.39, 0.29) is 5.92 Å². The third kappa shape index (κ3) is 5.34. The van der Waals surface area contributed by atoms with E-state index >= 15 is 0 Å². The Labute approximate surface area is 307 Å². The molecule has 8 aromatic rings. The molecule has 1 atom stereocenters. The first kappa shape index (κ1) is 31.1. The topological polar surface area (TPSA) is 56.3 Å². The van der Waals surface area contributed by atoms with Crippen molar-refractivity contribution in [3.05, 3.63) is 175 Å². The molecule has 0 bridgehead atoms. The van der Waals surface area contributed by atoms with Crippen LogP contribution >= 0.6 is 0 Å². The molecule has 3 aromatic heterocycles. The molecule has 1 aliphatic heterocycles. The number of hydrogen-bond donors (Lipinski definition) is 0. The zero-order valence-electron chi connectivity index (χ0n) is 29.3. The number of furan rings is 1. The van der Waals surface area contributed by atoms with E-state index in [1.54, 1.807) is 6.33 Å². The summed E-state index contributed by atoms with van der Waals surface area (Å²) < 4.78 is 14.8. The van der Waals surface area contributed by atoms with Gasteiger partial charge in [-0.2, -0.15) is 0 Å². The van der Waals surface area contributed by atoms with E-state index in [4.69, 9.17) is 14.1 Å². The van der Waals surface area contributed by atoms with Crippen LogP contribution < -0.4 is 9.64 Å². The van der Waals surface area contributed by atoms with Crippen molar-refractivity contribution in [2.75, 3.05) is 11.5 Å². The highest BCUT2D eigenvalue weighted by Crippen LogP contribution is 2.41. The fraction of sp³-hybridized carbons (Fsp3) is 0.106. The zero-order valence-corrected chi connectivity index (χ0v) is 29.3. The lowest BCUT2D eigenvalue weighted by Gasteiger charge is -2.31. The van der Waals surface area contributed by atoms with Gasteiger partial charge in [-0.15, -0.1) is 0 Å². The van der Waals surface area contributed by atoms with Crippen molar-refractivity contribution in [2.45, 2.75) is 25.7 Å². The molecular weight excluding hydrogens is 653 g/mol. The number of aromatic nitrogens is 3. The van der Waals surface area contributed by atoms with Crippen LogP contribution in [-0.4, -0.2) is 21.1 Å². The normalized spacial score (nSPS) is 17.0. The number of allylic oxidation sites excluding steroid dienone is 7. The first-order valence-electron chi connectivity index (χ1n) is 18.2. The number of hydrogen-bond acceptors (Lipinski definition) is 5. The van der Waals surface area contributed by atoms with Crippen LogP contribution in [0.2, 0.25) is 0 Å². The summed E-state index contributed by atoms with van der Waals surface area (Å²) >= 11 is 0. The van der Waals surface area contributed by atoms with Gasteiger partial charge in [-0.1, -0.05) is 85.8 Å². The third-order valence-corrected chi connectivity index (χ3v) is 10.5. The van der Waals surface area contributed by atoms with Crippen molar-refractivity contribution >= 4 is 60.8 Å². The largest absolute Gasteiger partial charge is 0.489 e. The van der Waals surface area contributed by atoms with E-state index in [1.807, 2.05) is 30.3 Å². The van der Waals surface area contributed by atoms with Crippen LogP contribution in [0.15, 0.2) is 168 Å². The Hall–Kier alpha value is -6.66. The molecule has 4 heterocycles. The number of para-hydroxylation sites is 3. The van der Waals surface area contributed by atoms with E-state index in [9.17, 15) is 0 Å². The fourth-order valence-electron chi connectivity index (χ4n) is 7.95. The lowest BCUT2D eigenvalue weighted by Crippen LogP contribution is -2.18. The standard InChI is InChI=1S/C47H36N4O2/c1-31-12-4-3-11-27-52-43-26-24-36(29-39(31)43)50(34-13-5-2-6-14-34)35-22-19-32(20-23-35)33-21-25-42-40(28-33)37-15-7-9-17-41(37)51(42)47-46-45(48-30-49-47)38-16-8-10-18-44(38)53-46/h2-19,21-22,24-26,28-31H,20,23,27H2,1H3/b11-3-,12-4-. The zero-order chi connectivity index (χ0) is 35.3. The molecule has 0 fully saturated rings. The third-order valence-electron chi connectivity index (χ3n) is 10.5. The summed E-state index contributed by atoms with van der Waals surface area (Å²) in [5.74, 6) is 1.90. The summed E-state index contributed by atoms with van der Waals surface area (Å²) in [7, 11) is 0. The average molecular weight is 689 g/mol. The van der Waals surface area contributed by atoms with Crippen molar-refractivity contribution in [1.82, 2.24) is 14.5 Å². The van der Waals surface area contributed by atoms with E-state index in [2.05, 4.69) is 143 Å². The number of anilines is 2. The monoisotopic (exact) mass is 688 g/mol. The highest BCUT2D eigenvalue weighted by molar-refractivity contribution is 6.12. The molecule has 1 aliphatic carbocycles. The van der Waals surface area contributed by atoms with Gasteiger partial charge in [0.05, 0.1) is 11.0 Å². The molecule has 0 radical (unpaired) electrons. The molecular formula is C47H36N4O2. The summed E-state index contributed by atoms with van der Waals surface area (Å²) in [5.41, 5.74) is 11.7. The van der Waals surface area contributed by atoms with Gasteiger partial charge in [0.25, 0.3) is 0 Å². The van der Waals surface area contributed by atoms with Gasteiger partial charge in [0.1, 0.15) is 29.8 Å². The molecule has 53 heavy (non-hydrogen) atoms. The number of nitrogens with zero attached hydrogens (tertiary/aromatic N) is 4. The Balaban J connectivity index is 1.06. The van der Waals surface area contributed by atoms with Gasteiger partial charge in [0.2, 0.25) is 0 Å². The molecule has 6 heteroatoms. The number of benzene rings is 5. The minimum Gasteiger partial charge on any atom is -0.489 e. The molecule has 0 amide bonds. The molecule has 0 saturated carbocycles. The second-order valence-electron chi connectivity index (χ2n) is 13.7. The van der Waals surface area contributed by atoms with Crippen LogP contribution in [0.3, 0.4) is 0 Å². The minimum absolute atomic E-state index is 0.220. The van der Waals surface area contributed by atoms with Crippen LogP contribution in [0.4, 0.5) is 11.4 Å². The highest BCUT2D eigenvalue weighted by Gasteiger charge is 2.23. The first-order valence-corrected chi connectivity index (χ1v) is 18.2. The Morgan fingerprint density at radius 1 is 0.717 bits per heavy atom. The maximum atomic E-state index is 6.39. The van der Waals surface area contributed by atoms with Crippen molar-refractivity contribution < 1.29 is 9.15 Å². The lowest BCUT2D eigenvalue weighted by molar-refractivity contribution is 0.358. The Kier molecular flexibility index (Phi) is 7.53. The molecule has 256 valence electrons. The highest BCUT2D eigenvalue weighted by atomic mass is 16.5. The average Bonchev–Trinajstić information content (AvgIpc) is 3.78. The molecule has 6 nitrogen and oxygen atoms in total. The van der Waals surface area contributed by atoms with E-state index in [0.29, 0.717) is 12.2 Å².